The molecule has 2 aromatic carbocycles. The van der Waals surface area contributed by atoms with Crippen LogP contribution in [0, 0.1) is 13.8 Å². The van der Waals surface area contributed by atoms with Crippen molar-refractivity contribution in [3.05, 3.63) is 47.5 Å². The summed E-state index contributed by atoms with van der Waals surface area (Å²) in [5.41, 5.74) is 3.60. The molecule has 2 aliphatic heterocycles. The van der Waals surface area contributed by atoms with Crippen LogP contribution in [0.1, 0.15) is 78.4 Å². The molecule has 4 heterocycles. The Labute approximate surface area is 318 Å². The largest absolute Gasteiger partial charge is 0.444 e. The number of ether oxygens (including phenoxy) is 2. The van der Waals surface area contributed by atoms with Crippen molar-refractivity contribution in [3.8, 4) is 0 Å². The van der Waals surface area contributed by atoms with Crippen LogP contribution in [0.5, 0.6) is 0 Å². The van der Waals surface area contributed by atoms with Crippen molar-refractivity contribution in [1.82, 2.24) is 19.8 Å². The zero-order valence-electron chi connectivity index (χ0n) is 30.5. The average molecular weight is 763 g/mol. The van der Waals surface area contributed by atoms with E-state index in [1.165, 1.54) is 20.5 Å². The maximum Gasteiger partial charge on any atom is 0.410 e. The quantitative estimate of drug-likeness (QED) is 0.200. The average Bonchev–Trinajstić information content (AvgIpc) is 3.78. The smallest absolute Gasteiger partial charge is 0.410 e. The van der Waals surface area contributed by atoms with Crippen molar-refractivity contribution in [2.45, 2.75) is 104 Å². The van der Waals surface area contributed by atoms with Gasteiger partial charge >= 0.3 is 12.2 Å². The number of amides is 2. The summed E-state index contributed by atoms with van der Waals surface area (Å²) >= 11 is 3.32. The number of hydrogen-bond donors (Lipinski definition) is 2. The highest BCUT2D eigenvalue weighted by molar-refractivity contribution is 7.59. The summed E-state index contributed by atoms with van der Waals surface area (Å²) in [5.74, 6) is 0. The molecule has 2 aromatic heterocycles. The van der Waals surface area contributed by atoms with Crippen LogP contribution in [0.2, 0.25) is 0 Å². The number of aromatic nitrogens is 2. The van der Waals surface area contributed by atoms with Crippen LogP contribution < -0.4 is 10.6 Å². The lowest BCUT2D eigenvalue weighted by atomic mass is 10.2. The molecule has 50 heavy (non-hydrogen) atoms. The van der Waals surface area contributed by atoms with Gasteiger partial charge in [-0.05, 0) is 116 Å². The molecule has 10 nitrogen and oxygen atoms in total. The maximum atomic E-state index is 12.3. The van der Waals surface area contributed by atoms with Crippen LogP contribution in [0.15, 0.2) is 36.4 Å². The van der Waals surface area contributed by atoms with Crippen LogP contribution >= 0.6 is 49.7 Å². The van der Waals surface area contributed by atoms with Gasteiger partial charge in [0.05, 0.1) is 32.5 Å². The van der Waals surface area contributed by atoms with Crippen LogP contribution in [0.4, 0.5) is 19.9 Å². The first-order valence-electron chi connectivity index (χ1n) is 16.8. The van der Waals surface area contributed by atoms with Gasteiger partial charge in [0.25, 0.3) is 0 Å². The van der Waals surface area contributed by atoms with Crippen LogP contribution in [-0.4, -0.2) is 81.4 Å². The van der Waals surface area contributed by atoms with E-state index >= 15 is 0 Å². The number of thiazole rings is 2. The van der Waals surface area contributed by atoms with E-state index in [0.29, 0.717) is 13.1 Å². The number of hydrogen-bond acceptors (Lipinski definition) is 10. The van der Waals surface area contributed by atoms with Crippen molar-refractivity contribution in [3.63, 3.8) is 0 Å². The molecule has 0 radical (unpaired) electrons. The van der Waals surface area contributed by atoms with Gasteiger partial charge in [-0.1, -0.05) is 34.8 Å². The molecule has 6 rings (SSSR count). The maximum absolute atomic E-state index is 12.3. The molecular weight excluding hydrogens is 709 g/mol. The second kappa shape index (κ2) is 17.5. The fourth-order valence-corrected chi connectivity index (χ4v) is 7.78. The normalized spacial score (nSPS) is 17.4. The molecular formula is C36H54N6O4S4. The Morgan fingerprint density at radius 2 is 1.10 bits per heavy atom. The summed E-state index contributed by atoms with van der Waals surface area (Å²) in [5, 5.41) is 8.62. The summed E-state index contributed by atoms with van der Waals surface area (Å²) in [4.78, 5) is 37.6. The summed E-state index contributed by atoms with van der Waals surface area (Å²) in [6.45, 7) is 18.5. The lowest BCUT2D eigenvalue weighted by Gasteiger charge is -2.28. The molecule has 0 bridgehead atoms. The predicted octanol–water partition coefficient (Wildman–Crippen LogP) is 9.06. The topological polar surface area (TPSA) is 109 Å². The molecule has 4 aromatic rings. The summed E-state index contributed by atoms with van der Waals surface area (Å²) < 4.78 is 13.4. The molecule has 276 valence electrons. The highest BCUT2D eigenvalue weighted by Crippen LogP contribution is 2.29. The van der Waals surface area contributed by atoms with Crippen molar-refractivity contribution in [2.24, 2.45) is 0 Å². The van der Waals surface area contributed by atoms with Crippen molar-refractivity contribution in [2.75, 3.05) is 36.8 Å². The van der Waals surface area contributed by atoms with E-state index in [2.05, 4.69) is 70.8 Å². The third-order valence-electron chi connectivity index (χ3n) is 8.08. The lowest BCUT2D eigenvalue weighted by Crippen LogP contribution is -2.42. The van der Waals surface area contributed by atoms with E-state index < -0.39 is 11.2 Å². The molecule has 0 saturated carbocycles. The van der Waals surface area contributed by atoms with E-state index in [9.17, 15) is 9.59 Å². The number of benzene rings is 2. The Kier molecular flexibility index (Phi) is 14.5. The number of anilines is 2. The van der Waals surface area contributed by atoms with Crippen LogP contribution in [0.25, 0.3) is 20.4 Å². The molecule has 14 heteroatoms. The number of nitrogens with one attached hydrogen (secondary N) is 2. The Balaban J connectivity index is 0.000000260. The predicted molar refractivity (Wildman–Crippen MR) is 218 cm³/mol. The highest BCUT2D eigenvalue weighted by Gasteiger charge is 2.33. The Bertz CT molecular complexity index is 1600. The third-order valence-corrected chi connectivity index (χ3v) is 10.0. The van der Waals surface area contributed by atoms with Crippen LogP contribution in [0.3, 0.4) is 0 Å². The molecule has 2 N–H and O–H groups in total. The first kappa shape index (κ1) is 41.5. The zero-order valence-corrected chi connectivity index (χ0v) is 34.1. The fraction of sp³-hybridized carbons (Fsp3) is 0.556. The molecule has 0 spiro atoms. The van der Waals surface area contributed by atoms with E-state index in [1.807, 2.05) is 51.3 Å². The Hall–Kier alpha value is -2.94. The van der Waals surface area contributed by atoms with Gasteiger partial charge in [-0.3, -0.25) is 0 Å². The standard InChI is InChI=1S/2C18H25N3O2S.2H2S/c2*1-12-7-8-14-15(10-12)24-16(20-14)19-11-13-6-5-9-21(13)17(22)23-18(2,3)4;;/h2*7-8,10,13H,5-6,9,11H2,1-4H3,(H,19,20);2*1H2/t2*13-;;/m00../s1. The molecule has 2 amide bonds. The number of carbonyl (C=O) groups is 2. The van der Waals surface area contributed by atoms with Gasteiger partial charge < -0.3 is 29.9 Å². The van der Waals surface area contributed by atoms with Crippen molar-refractivity contribution in [1.29, 1.82) is 0 Å². The second-order valence-electron chi connectivity index (χ2n) is 14.7. The van der Waals surface area contributed by atoms with Gasteiger partial charge in [0.15, 0.2) is 10.3 Å². The Morgan fingerprint density at radius 3 is 1.46 bits per heavy atom. The number of carbonyl (C=O) groups excluding carboxylic acids is 2. The molecule has 2 saturated heterocycles. The lowest BCUT2D eigenvalue weighted by molar-refractivity contribution is 0.0224. The monoisotopic (exact) mass is 762 g/mol. The van der Waals surface area contributed by atoms with Crippen molar-refractivity contribution >= 4 is 92.5 Å². The number of aryl methyl sites for hydroxylation is 2. The van der Waals surface area contributed by atoms with E-state index in [1.54, 1.807) is 22.7 Å². The number of likely N-dealkylation sites (tertiary alicyclic amines) is 2. The Morgan fingerprint density at radius 1 is 0.720 bits per heavy atom. The second-order valence-corrected chi connectivity index (χ2v) is 16.7. The summed E-state index contributed by atoms with van der Waals surface area (Å²) in [6.07, 6.45) is 3.60. The number of rotatable bonds is 6. The minimum absolute atomic E-state index is 0. The molecule has 0 unspecified atom stereocenters. The minimum Gasteiger partial charge on any atom is -0.444 e. The summed E-state index contributed by atoms with van der Waals surface area (Å²) in [6, 6.07) is 12.9. The first-order valence-corrected chi connectivity index (χ1v) is 18.5. The molecule has 2 aliphatic rings. The fourth-order valence-electron chi connectivity index (χ4n) is 5.84. The number of fused-ring (bicyclic) bond motifs is 2. The zero-order chi connectivity index (χ0) is 34.6. The minimum atomic E-state index is -0.456. The summed E-state index contributed by atoms with van der Waals surface area (Å²) in [7, 11) is 0. The third kappa shape index (κ3) is 11.5. The van der Waals surface area contributed by atoms with Gasteiger partial charge in [0.2, 0.25) is 0 Å². The SMILES string of the molecule is Cc1ccc2nc(NC[C@@H]3CCCN3C(=O)OC(C)(C)C)sc2c1.Cc1ccc2nc(NC[C@@H]3CCCN3C(=O)OC(C)(C)C)sc2c1.S.S. The molecule has 0 aliphatic carbocycles. The molecule has 2 atom stereocenters. The van der Waals surface area contributed by atoms with E-state index in [4.69, 9.17) is 9.47 Å². The van der Waals surface area contributed by atoms with Gasteiger partial charge in [-0.15, -0.1) is 0 Å². The van der Waals surface area contributed by atoms with Gasteiger partial charge in [-0.25, -0.2) is 19.6 Å². The van der Waals surface area contributed by atoms with E-state index in [-0.39, 0.29) is 51.3 Å². The van der Waals surface area contributed by atoms with Gasteiger partial charge in [-0.2, -0.15) is 27.0 Å². The van der Waals surface area contributed by atoms with Crippen LogP contribution in [-0.2, 0) is 9.47 Å². The van der Waals surface area contributed by atoms with E-state index in [0.717, 1.165) is 60.1 Å². The first-order chi connectivity index (χ1) is 22.6. The van der Waals surface area contributed by atoms with Crippen molar-refractivity contribution < 1.29 is 19.1 Å². The van der Waals surface area contributed by atoms with Gasteiger partial charge in [0, 0.05) is 26.2 Å². The van der Waals surface area contributed by atoms with Gasteiger partial charge in [0.1, 0.15) is 11.2 Å². The molecule has 2 fully saturated rings. The number of nitrogens with zero attached hydrogens (tertiary/aromatic N) is 4. The highest BCUT2D eigenvalue weighted by atomic mass is 32.1.